The monoisotopic (exact) mass is 819 g/mol. The standard InChI is InChI=1S/C57H37N7/c1-3-19-53-51(17-1)61-56(42-12-5-10-40(34-42)44-14-7-31-58-36-44)63(53)46-25-21-38(22-26-46)48-29-30-49(55-50(48)16-9-33-60-55)39-23-27-47(28-24-39)64-54-20-4-2-18-52(54)62-57(64)43-13-6-11-41(35-43)45-15-8-32-59-37-45/h1-37H. The van der Waals surface area contributed by atoms with Gasteiger partial charge in [0.2, 0.25) is 0 Å². The molecule has 0 radical (unpaired) electrons. The maximum atomic E-state index is 5.15. The molecule has 12 aromatic rings. The maximum absolute atomic E-state index is 5.15. The van der Waals surface area contributed by atoms with Gasteiger partial charge in [-0.05, 0) is 107 Å². The molecule has 300 valence electrons. The molecule has 0 aliphatic carbocycles. The van der Waals surface area contributed by atoms with Crippen LogP contribution < -0.4 is 0 Å². The Bertz CT molecular complexity index is 3410. The van der Waals surface area contributed by atoms with Crippen molar-refractivity contribution in [1.82, 2.24) is 34.1 Å². The molecule has 12 rings (SSSR count). The summed E-state index contributed by atoms with van der Waals surface area (Å²) in [6.07, 6.45) is 9.27. The van der Waals surface area contributed by atoms with Gasteiger partial charge in [0.05, 0.1) is 27.6 Å². The van der Waals surface area contributed by atoms with Gasteiger partial charge < -0.3 is 0 Å². The van der Waals surface area contributed by atoms with Gasteiger partial charge in [0.15, 0.2) is 0 Å². The molecule has 7 heteroatoms. The number of nitrogens with zero attached hydrogens (tertiary/aromatic N) is 7. The van der Waals surface area contributed by atoms with Crippen LogP contribution in [-0.4, -0.2) is 34.1 Å². The predicted octanol–water partition coefficient (Wildman–Crippen LogP) is 13.7. The summed E-state index contributed by atoms with van der Waals surface area (Å²) in [7, 11) is 0. The summed E-state index contributed by atoms with van der Waals surface area (Å²) in [6, 6.07) is 67.9. The highest BCUT2D eigenvalue weighted by atomic mass is 15.1. The van der Waals surface area contributed by atoms with E-state index >= 15 is 0 Å². The highest BCUT2D eigenvalue weighted by Gasteiger charge is 2.18. The van der Waals surface area contributed by atoms with Gasteiger partial charge in [0, 0.05) is 75.6 Å². The normalized spacial score (nSPS) is 11.4. The Morgan fingerprint density at radius 2 is 0.797 bits per heavy atom. The molecule has 7 aromatic carbocycles. The molecule has 5 aromatic heterocycles. The second-order valence-electron chi connectivity index (χ2n) is 15.8. The van der Waals surface area contributed by atoms with Crippen molar-refractivity contribution in [1.29, 1.82) is 0 Å². The van der Waals surface area contributed by atoms with Gasteiger partial charge in [-0.25, -0.2) is 9.97 Å². The molecule has 7 nitrogen and oxygen atoms in total. The zero-order valence-electron chi connectivity index (χ0n) is 34.5. The topological polar surface area (TPSA) is 74.3 Å². The van der Waals surface area contributed by atoms with Crippen LogP contribution in [0.3, 0.4) is 0 Å². The Hall–Kier alpha value is -8.81. The Morgan fingerprint density at radius 3 is 1.33 bits per heavy atom. The first kappa shape index (κ1) is 37.0. The molecule has 0 atom stereocenters. The lowest BCUT2D eigenvalue weighted by Crippen LogP contribution is -1.98. The molecular weight excluding hydrogens is 783 g/mol. The third kappa shape index (κ3) is 6.51. The third-order valence-corrected chi connectivity index (χ3v) is 12.0. The smallest absolute Gasteiger partial charge is 0.145 e. The highest BCUT2D eigenvalue weighted by Crippen LogP contribution is 2.38. The van der Waals surface area contributed by atoms with Crippen LogP contribution in [0.5, 0.6) is 0 Å². The van der Waals surface area contributed by atoms with Crippen LogP contribution in [0.4, 0.5) is 0 Å². The first-order valence-electron chi connectivity index (χ1n) is 21.3. The second kappa shape index (κ2) is 15.6. The number of hydrogen-bond acceptors (Lipinski definition) is 5. The molecule has 0 fully saturated rings. The van der Waals surface area contributed by atoms with Crippen molar-refractivity contribution in [3.05, 3.63) is 225 Å². The van der Waals surface area contributed by atoms with Gasteiger partial charge in [0.25, 0.3) is 0 Å². The van der Waals surface area contributed by atoms with Crippen LogP contribution in [0.15, 0.2) is 225 Å². The lowest BCUT2D eigenvalue weighted by molar-refractivity contribution is 1.10. The van der Waals surface area contributed by atoms with Gasteiger partial charge in [0.1, 0.15) is 11.6 Å². The van der Waals surface area contributed by atoms with Crippen molar-refractivity contribution in [3.8, 4) is 78.7 Å². The fraction of sp³-hybridized carbons (Fsp3) is 0. The predicted molar refractivity (Wildman–Crippen MR) is 259 cm³/mol. The zero-order chi connectivity index (χ0) is 42.4. The van der Waals surface area contributed by atoms with E-state index in [0.29, 0.717) is 0 Å². The van der Waals surface area contributed by atoms with E-state index in [9.17, 15) is 0 Å². The van der Waals surface area contributed by atoms with Crippen molar-refractivity contribution in [3.63, 3.8) is 0 Å². The molecule has 0 unspecified atom stereocenters. The molecule has 0 amide bonds. The largest absolute Gasteiger partial charge is 0.292 e. The Kier molecular flexibility index (Phi) is 9.01. The lowest BCUT2D eigenvalue weighted by atomic mass is 9.94. The number of imidazole rings is 2. The molecule has 0 saturated carbocycles. The van der Waals surface area contributed by atoms with E-state index in [2.05, 4.69) is 183 Å². The summed E-state index contributed by atoms with van der Waals surface area (Å²) in [6.45, 7) is 0. The van der Waals surface area contributed by atoms with Gasteiger partial charge in [-0.15, -0.1) is 0 Å². The first-order valence-corrected chi connectivity index (χ1v) is 21.3. The quantitative estimate of drug-likeness (QED) is 0.153. The van der Waals surface area contributed by atoms with Crippen molar-refractivity contribution >= 4 is 33.0 Å². The molecule has 0 aliphatic rings. The molecule has 0 spiro atoms. The van der Waals surface area contributed by atoms with E-state index in [1.54, 1.807) is 12.4 Å². The van der Waals surface area contributed by atoms with Crippen LogP contribution >= 0.6 is 0 Å². The Morgan fingerprint density at radius 1 is 0.328 bits per heavy atom. The number of pyridine rings is 3. The van der Waals surface area contributed by atoms with Crippen LogP contribution in [0.2, 0.25) is 0 Å². The first-order chi connectivity index (χ1) is 31.7. The van der Waals surface area contributed by atoms with E-state index in [0.717, 1.165) is 112 Å². The molecule has 0 bridgehead atoms. The number of aromatic nitrogens is 7. The summed E-state index contributed by atoms with van der Waals surface area (Å²) >= 11 is 0. The molecule has 0 N–H and O–H groups in total. The van der Waals surface area contributed by atoms with Crippen LogP contribution in [-0.2, 0) is 0 Å². The van der Waals surface area contributed by atoms with Gasteiger partial charge in [-0.3, -0.25) is 24.1 Å². The van der Waals surface area contributed by atoms with Crippen molar-refractivity contribution in [2.75, 3.05) is 0 Å². The Labute approximate surface area is 369 Å². The zero-order valence-corrected chi connectivity index (χ0v) is 34.5. The van der Waals surface area contributed by atoms with Crippen molar-refractivity contribution in [2.24, 2.45) is 0 Å². The minimum absolute atomic E-state index is 0.884. The summed E-state index contributed by atoms with van der Waals surface area (Å²) in [5.74, 6) is 1.77. The number of rotatable bonds is 8. The summed E-state index contributed by atoms with van der Waals surface area (Å²) in [5.41, 5.74) is 17.8. The molecule has 0 saturated heterocycles. The van der Waals surface area contributed by atoms with Gasteiger partial charge in [-0.2, -0.15) is 0 Å². The molecule has 5 heterocycles. The average molecular weight is 820 g/mol. The Balaban J connectivity index is 0.893. The number of fused-ring (bicyclic) bond motifs is 3. The second-order valence-corrected chi connectivity index (χ2v) is 15.8. The van der Waals surface area contributed by atoms with Crippen molar-refractivity contribution < 1.29 is 0 Å². The minimum atomic E-state index is 0.884. The van der Waals surface area contributed by atoms with E-state index < -0.39 is 0 Å². The van der Waals surface area contributed by atoms with Gasteiger partial charge >= 0.3 is 0 Å². The molecular formula is C57H37N7. The molecule has 64 heavy (non-hydrogen) atoms. The summed E-state index contributed by atoms with van der Waals surface area (Å²) < 4.78 is 4.50. The molecule has 0 aliphatic heterocycles. The maximum Gasteiger partial charge on any atom is 0.145 e. The van der Waals surface area contributed by atoms with Crippen LogP contribution in [0, 0.1) is 0 Å². The highest BCUT2D eigenvalue weighted by molar-refractivity contribution is 6.03. The van der Waals surface area contributed by atoms with Gasteiger partial charge in [-0.1, -0.05) is 115 Å². The lowest BCUT2D eigenvalue weighted by Gasteiger charge is -2.14. The summed E-state index contributed by atoms with van der Waals surface area (Å²) in [5, 5.41) is 1.09. The number of benzene rings is 7. The third-order valence-electron chi connectivity index (χ3n) is 12.0. The number of hydrogen-bond donors (Lipinski definition) is 0. The SMILES string of the molecule is c1cncc(-c2cccc(-c3nc4ccccc4n3-c3ccc(-c4ccc(-c5ccc(-n6c(-c7cccc(-c8cccnc8)c7)nc7ccccc76)cc5)c5ncccc45)cc3)c2)c1. The van der Waals surface area contributed by atoms with E-state index in [1.165, 1.54) is 0 Å². The van der Waals surface area contributed by atoms with Crippen molar-refractivity contribution in [2.45, 2.75) is 0 Å². The fourth-order valence-electron chi connectivity index (χ4n) is 8.94. The number of para-hydroxylation sites is 4. The van der Waals surface area contributed by atoms with Crippen LogP contribution in [0.25, 0.3) is 112 Å². The van der Waals surface area contributed by atoms with Crippen LogP contribution in [0.1, 0.15) is 0 Å². The summed E-state index contributed by atoms with van der Waals surface area (Å²) in [4.78, 5) is 24.0. The fourth-order valence-corrected chi connectivity index (χ4v) is 8.94. The van der Waals surface area contributed by atoms with E-state index in [-0.39, 0.29) is 0 Å². The van der Waals surface area contributed by atoms with E-state index in [1.807, 2.05) is 48.9 Å². The minimum Gasteiger partial charge on any atom is -0.292 e. The van der Waals surface area contributed by atoms with E-state index in [4.69, 9.17) is 15.0 Å². The average Bonchev–Trinajstić information content (AvgIpc) is 3.97.